The summed E-state index contributed by atoms with van der Waals surface area (Å²) in [4.78, 5) is 6.20. The molecule has 0 spiro atoms. The molecule has 0 aliphatic heterocycles. The van der Waals surface area contributed by atoms with Crippen LogP contribution >= 0.6 is 0 Å². The van der Waals surface area contributed by atoms with Crippen LogP contribution in [0.4, 0.5) is 0 Å². The van der Waals surface area contributed by atoms with Gasteiger partial charge in [-0.2, -0.15) is 5.26 Å². The second-order valence-electron chi connectivity index (χ2n) is 3.39. The number of pyridine rings is 1. The minimum absolute atomic E-state index is 0.228. The molecule has 0 saturated carbocycles. The van der Waals surface area contributed by atoms with Crippen LogP contribution in [0.5, 0.6) is 5.88 Å². The van der Waals surface area contributed by atoms with Gasteiger partial charge >= 0.3 is 0 Å². The maximum Gasteiger partial charge on any atom is 0.212 e. The lowest BCUT2D eigenvalue weighted by Gasteiger charge is -2.23. The molecule has 0 aromatic carbocycles. The lowest BCUT2D eigenvalue weighted by atomic mass is 10.1. The fourth-order valence-corrected chi connectivity index (χ4v) is 1.63. The molecule has 1 atom stereocenters. The van der Waals surface area contributed by atoms with Gasteiger partial charge in [-0.3, -0.25) is 4.90 Å². The molecular weight excluding hydrogens is 202 g/mol. The summed E-state index contributed by atoms with van der Waals surface area (Å²) in [5.74, 6) is 0.569. The number of nitriles is 1. The van der Waals surface area contributed by atoms with E-state index in [1.54, 1.807) is 19.4 Å². The molecule has 1 aromatic rings. The minimum Gasteiger partial charge on any atom is -0.481 e. The average molecular weight is 219 g/mol. The van der Waals surface area contributed by atoms with E-state index < -0.39 is 0 Å². The van der Waals surface area contributed by atoms with Gasteiger partial charge in [0, 0.05) is 17.8 Å². The highest BCUT2D eigenvalue weighted by atomic mass is 16.5. The van der Waals surface area contributed by atoms with Crippen LogP contribution in [-0.2, 0) is 0 Å². The van der Waals surface area contributed by atoms with Gasteiger partial charge < -0.3 is 4.74 Å². The molecule has 0 N–H and O–H groups in total. The van der Waals surface area contributed by atoms with Crippen molar-refractivity contribution in [3.63, 3.8) is 0 Å². The molecular formula is C12H17N3O. The zero-order chi connectivity index (χ0) is 12.0. The molecule has 1 aromatic heterocycles. The van der Waals surface area contributed by atoms with Crippen LogP contribution in [-0.4, -0.2) is 30.1 Å². The van der Waals surface area contributed by atoms with E-state index in [0.29, 0.717) is 5.88 Å². The Morgan fingerprint density at radius 2 is 2.12 bits per heavy atom. The predicted molar refractivity (Wildman–Crippen MR) is 62.1 cm³/mol. The van der Waals surface area contributed by atoms with E-state index in [1.807, 2.05) is 19.9 Å². The number of nitrogens with zero attached hydrogens (tertiary/aromatic N) is 3. The van der Waals surface area contributed by atoms with E-state index in [9.17, 15) is 5.26 Å². The highest BCUT2D eigenvalue weighted by Crippen LogP contribution is 2.20. The van der Waals surface area contributed by atoms with Crippen molar-refractivity contribution in [2.45, 2.75) is 19.9 Å². The Hall–Kier alpha value is -1.60. The molecule has 0 aliphatic rings. The Kier molecular flexibility index (Phi) is 4.74. The molecule has 1 heterocycles. The molecule has 4 heteroatoms. The molecule has 86 valence electrons. The smallest absolute Gasteiger partial charge is 0.212 e. The van der Waals surface area contributed by atoms with Crippen molar-refractivity contribution in [2.75, 3.05) is 20.2 Å². The van der Waals surface area contributed by atoms with E-state index >= 15 is 0 Å². The van der Waals surface area contributed by atoms with E-state index in [0.717, 1.165) is 18.7 Å². The predicted octanol–water partition coefficient (Wildman–Crippen LogP) is 2.00. The summed E-state index contributed by atoms with van der Waals surface area (Å²) >= 11 is 0. The van der Waals surface area contributed by atoms with Gasteiger partial charge in [0.15, 0.2) is 0 Å². The summed E-state index contributed by atoms with van der Waals surface area (Å²) in [5, 5.41) is 9.19. The normalized spacial score (nSPS) is 12.2. The monoisotopic (exact) mass is 219 g/mol. The quantitative estimate of drug-likeness (QED) is 0.760. The maximum absolute atomic E-state index is 9.19. The van der Waals surface area contributed by atoms with Gasteiger partial charge in [-0.25, -0.2) is 4.98 Å². The van der Waals surface area contributed by atoms with Crippen LogP contribution in [0, 0.1) is 11.3 Å². The first-order chi connectivity index (χ1) is 7.76. The number of hydrogen-bond donors (Lipinski definition) is 0. The van der Waals surface area contributed by atoms with Crippen molar-refractivity contribution in [2.24, 2.45) is 0 Å². The molecule has 0 amide bonds. The van der Waals surface area contributed by atoms with Gasteiger partial charge in [-0.15, -0.1) is 0 Å². The second kappa shape index (κ2) is 6.09. The van der Waals surface area contributed by atoms with Gasteiger partial charge in [-0.1, -0.05) is 13.8 Å². The van der Waals surface area contributed by atoms with Crippen molar-refractivity contribution in [1.82, 2.24) is 9.88 Å². The molecule has 4 nitrogen and oxygen atoms in total. The summed E-state index contributed by atoms with van der Waals surface area (Å²) in [6, 6.07) is 5.74. The van der Waals surface area contributed by atoms with Crippen molar-refractivity contribution in [3.8, 4) is 11.9 Å². The summed E-state index contributed by atoms with van der Waals surface area (Å²) in [6.45, 7) is 5.79. The van der Waals surface area contributed by atoms with E-state index in [1.165, 1.54) is 0 Å². The third-order valence-electron chi connectivity index (χ3n) is 2.58. The highest BCUT2D eigenvalue weighted by molar-refractivity contribution is 5.24. The zero-order valence-corrected chi connectivity index (χ0v) is 9.97. The third kappa shape index (κ3) is 2.71. The fraction of sp³-hybridized carbons (Fsp3) is 0.500. The van der Waals surface area contributed by atoms with Gasteiger partial charge in [-0.05, 0) is 19.2 Å². The molecule has 1 rings (SSSR count). The van der Waals surface area contributed by atoms with Gasteiger partial charge in [0.2, 0.25) is 5.88 Å². The number of methoxy groups -OCH3 is 1. The van der Waals surface area contributed by atoms with Gasteiger partial charge in [0.05, 0.1) is 13.2 Å². The fourth-order valence-electron chi connectivity index (χ4n) is 1.63. The van der Waals surface area contributed by atoms with Crippen LogP contribution in [0.3, 0.4) is 0 Å². The van der Waals surface area contributed by atoms with Crippen LogP contribution < -0.4 is 4.74 Å². The van der Waals surface area contributed by atoms with Crippen molar-refractivity contribution in [1.29, 1.82) is 5.26 Å². The Morgan fingerprint density at radius 3 is 2.50 bits per heavy atom. The molecule has 0 fully saturated rings. The minimum atomic E-state index is -0.228. The Balaban J connectivity index is 2.91. The van der Waals surface area contributed by atoms with E-state index in [4.69, 9.17) is 4.74 Å². The average Bonchev–Trinajstić information content (AvgIpc) is 2.36. The number of hydrogen-bond acceptors (Lipinski definition) is 4. The lowest BCUT2D eigenvalue weighted by Crippen LogP contribution is -2.27. The summed E-state index contributed by atoms with van der Waals surface area (Å²) < 4.78 is 4.99. The van der Waals surface area contributed by atoms with Crippen molar-refractivity contribution in [3.05, 3.63) is 23.9 Å². The number of ether oxygens (including phenoxy) is 1. The highest BCUT2D eigenvalue weighted by Gasteiger charge is 2.17. The number of rotatable bonds is 5. The second-order valence-corrected chi connectivity index (χ2v) is 3.39. The first-order valence-corrected chi connectivity index (χ1v) is 5.40. The third-order valence-corrected chi connectivity index (χ3v) is 2.58. The number of aromatic nitrogens is 1. The van der Waals surface area contributed by atoms with Crippen LogP contribution in [0.25, 0.3) is 0 Å². The molecule has 0 bridgehead atoms. The molecule has 1 unspecified atom stereocenters. The van der Waals surface area contributed by atoms with Crippen molar-refractivity contribution < 1.29 is 4.74 Å². The molecule has 16 heavy (non-hydrogen) atoms. The van der Waals surface area contributed by atoms with E-state index in [2.05, 4.69) is 16.0 Å². The summed E-state index contributed by atoms with van der Waals surface area (Å²) in [6.07, 6.45) is 1.70. The molecule has 0 radical (unpaired) electrons. The van der Waals surface area contributed by atoms with Crippen LogP contribution in [0.15, 0.2) is 18.3 Å². The Bertz CT molecular complexity index is 352. The lowest BCUT2D eigenvalue weighted by molar-refractivity contribution is 0.262. The summed E-state index contributed by atoms with van der Waals surface area (Å²) in [5.41, 5.74) is 0.909. The summed E-state index contributed by atoms with van der Waals surface area (Å²) in [7, 11) is 1.58. The van der Waals surface area contributed by atoms with Gasteiger partial charge in [0.1, 0.15) is 6.04 Å². The topological polar surface area (TPSA) is 49.2 Å². The first-order valence-electron chi connectivity index (χ1n) is 5.40. The maximum atomic E-state index is 9.19. The first kappa shape index (κ1) is 12.5. The molecule has 0 saturated heterocycles. The Morgan fingerprint density at radius 1 is 1.44 bits per heavy atom. The SMILES string of the molecule is CCN(CC)C(C#N)c1ccc(OC)nc1. The van der Waals surface area contributed by atoms with E-state index in [-0.39, 0.29) is 6.04 Å². The largest absolute Gasteiger partial charge is 0.481 e. The van der Waals surface area contributed by atoms with Crippen LogP contribution in [0.1, 0.15) is 25.5 Å². The van der Waals surface area contributed by atoms with Gasteiger partial charge in [0.25, 0.3) is 0 Å². The standard InChI is InChI=1S/C12H17N3O/c1-4-15(5-2)11(8-13)10-6-7-12(16-3)14-9-10/h6-7,9,11H,4-5H2,1-3H3. The zero-order valence-electron chi connectivity index (χ0n) is 9.97. The van der Waals surface area contributed by atoms with Crippen LogP contribution in [0.2, 0.25) is 0 Å². The molecule has 0 aliphatic carbocycles. The van der Waals surface area contributed by atoms with Crippen molar-refractivity contribution >= 4 is 0 Å². The Labute approximate surface area is 96.5 Å².